The highest BCUT2D eigenvalue weighted by Gasteiger charge is 2.12. The molecule has 2 amide bonds. The predicted molar refractivity (Wildman–Crippen MR) is 82.2 cm³/mol. The Labute approximate surface area is 129 Å². The average Bonchev–Trinajstić information content (AvgIpc) is 2.53. The van der Waals surface area contributed by atoms with Crippen LogP contribution in [0.2, 0.25) is 0 Å². The summed E-state index contributed by atoms with van der Waals surface area (Å²) >= 11 is 0. The van der Waals surface area contributed by atoms with E-state index in [-0.39, 0.29) is 29.2 Å². The van der Waals surface area contributed by atoms with Gasteiger partial charge < -0.3 is 10.6 Å². The topological polar surface area (TPSA) is 84.0 Å². The molecule has 0 saturated heterocycles. The Hall–Kier alpha value is -2.76. The highest BCUT2D eigenvalue weighted by Crippen LogP contribution is 2.01. The molecule has 0 unspecified atom stereocenters. The lowest BCUT2D eigenvalue weighted by atomic mass is 10.2. The summed E-state index contributed by atoms with van der Waals surface area (Å²) in [4.78, 5) is 32.2. The lowest BCUT2D eigenvalue weighted by molar-refractivity contribution is 0.0936. The van der Waals surface area contributed by atoms with Gasteiger partial charge in [-0.1, -0.05) is 12.1 Å². The summed E-state index contributed by atoms with van der Waals surface area (Å²) in [5, 5.41) is 5.47. The van der Waals surface area contributed by atoms with Gasteiger partial charge in [0.25, 0.3) is 11.8 Å². The number of hydrogen-bond acceptors (Lipinski definition) is 4. The summed E-state index contributed by atoms with van der Waals surface area (Å²) in [5.41, 5.74) is 1.18. The van der Waals surface area contributed by atoms with Crippen LogP contribution in [0.15, 0.2) is 42.6 Å². The van der Waals surface area contributed by atoms with Crippen molar-refractivity contribution in [3.63, 3.8) is 0 Å². The Morgan fingerprint density at radius 2 is 1.77 bits per heavy atom. The molecule has 0 fully saturated rings. The zero-order valence-corrected chi connectivity index (χ0v) is 12.5. The normalized spacial score (nSPS) is 10.3. The highest BCUT2D eigenvalue weighted by atomic mass is 16.2. The Morgan fingerprint density at radius 1 is 1.05 bits per heavy atom. The first-order chi connectivity index (χ1) is 10.6. The molecule has 6 heteroatoms. The van der Waals surface area contributed by atoms with Gasteiger partial charge in [0, 0.05) is 12.2 Å². The maximum atomic E-state index is 12.1. The van der Waals surface area contributed by atoms with Crippen LogP contribution in [0.1, 0.15) is 40.5 Å². The van der Waals surface area contributed by atoms with Gasteiger partial charge >= 0.3 is 0 Å². The lowest BCUT2D eigenvalue weighted by Gasteiger charge is -2.09. The van der Waals surface area contributed by atoms with Crippen LogP contribution in [-0.4, -0.2) is 27.8 Å². The lowest BCUT2D eigenvalue weighted by Crippen LogP contribution is -2.31. The van der Waals surface area contributed by atoms with Gasteiger partial charge in [-0.3, -0.25) is 14.6 Å². The van der Waals surface area contributed by atoms with Crippen molar-refractivity contribution in [3.05, 3.63) is 59.7 Å². The van der Waals surface area contributed by atoms with Crippen molar-refractivity contribution in [2.24, 2.45) is 0 Å². The van der Waals surface area contributed by atoms with Crippen molar-refractivity contribution in [2.45, 2.75) is 26.4 Å². The van der Waals surface area contributed by atoms with Crippen LogP contribution in [-0.2, 0) is 6.54 Å². The number of nitrogens with zero attached hydrogens (tertiary/aromatic N) is 2. The van der Waals surface area contributed by atoms with Crippen molar-refractivity contribution < 1.29 is 9.59 Å². The molecular formula is C16H18N4O2. The molecule has 2 N–H and O–H groups in total. The number of carbonyl (C=O) groups excluding carboxylic acids is 2. The third-order valence-electron chi connectivity index (χ3n) is 2.79. The molecule has 6 nitrogen and oxygen atoms in total. The number of aromatic nitrogens is 2. The van der Waals surface area contributed by atoms with E-state index < -0.39 is 0 Å². The van der Waals surface area contributed by atoms with E-state index >= 15 is 0 Å². The Bertz CT molecular complexity index is 656. The van der Waals surface area contributed by atoms with Crippen molar-refractivity contribution >= 4 is 11.8 Å². The quantitative estimate of drug-likeness (QED) is 0.877. The SMILES string of the molecule is CC(C)NC(=O)c1cccc(C(=O)NCc2ccccn2)n1. The van der Waals surface area contributed by atoms with Gasteiger partial charge in [0.1, 0.15) is 11.4 Å². The molecule has 2 aromatic rings. The minimum atomic E-state index is -0.343. The van der Waals surface area contributed by atoms with Crippen molar-refractivity contribution in [1.29, 1.82) is 0 Å². The van der Waals surface area contributed by atoms with E-state index in [1.165, 1.54) is 0 Å². The average molecular weight is 298 g/mol. The third-order valence-corrected chi connectivity index (χ3v) is 2.79. The van der Waals surface area contributed by atoms with E-state index in [2.05, 4.69) is 20.6 Å². The Kier molecular flexibility index (Phi) is 5.19. The zero-order chi connectivity index (χ0) is 15.9. The second-order valence-electron chi connectivity index (χ2n) is 5.04. The minimum absolute atomic E-state index is 0.0101. The molecule has 0 bridgehead atoms. The first kappa shape index (κ1) is 15.6. The molecule has 2 heterocycles. The highest BCUT2D eigenvalue weighted by molar-refractivity contribution is 5.96. The van der Waals surface area contributed by atoms with Crippen LogP contribution >= 0.6 is 0 Å². The molecule has 0 aliphatic carbocycles. The van der Waals surface area contributed by atoms with E-state index in [9.17, 15) is 9.59 Å². The predicted octanol–water partition coefficient (Wildman–Crippen LogP) is 1.54. The number of amides is 2. The van der Waals surface area contributed by atoms with Crippen LogP contribution < -0.4 is 10.6 Å². The summed E-state index contributed by atoms with van der Waals surface area (Å²) in [7, 11) is 0. The Balaban J connectivity index is 2.02. The van der Waals surface area contributed by atoms with Crippen LogP contribution in [0.3, 0.4) is 0 Å². The van der Waals surface area contributed by atoms with E-state index in [4.69, 9.17) is 0 Å². The molecule has 2 aromatic heterocycles. The fourth-order valence-corrected chi connectivity index (χ4v) is 1.79. The van der Waals surface area contributed by atoms with E-state index in [0.717, 1.165) is 5.69 Å². The number of carbonyl (C=O) groups is 2. The number of rotatable bonds is 5. The molecule has 0 atom stereocenters. The molecule has 0 saturated carbocycles. The summed E-state index contributed by atoms with van der Waals surface area (Å²) in [6, 6.07) is 10.3. The van der Waals surface area contributed by atoms with E-state index in [0.29, 0.717) is 6.54 Å². The van der Waals surface area contributed by atoms with Gasteiger partial charge in [0.05, 0.1) is 12.2 Å². The van der Waals surface area contributed by atoms with Crippen LogP contribution in [0, 0.1) is 0 Å². The summed E-state index contributed by atoms with van der Waals surface area (Å²) in [6.45, 7) is 4.03. The fraction of sp³-hybridized carbons (Fsp3) is 0.250. The van der Waals surface area contributed by atoms with Crippen LogP contribution in [0.5, 0.6) is 0 Å². The van der Waals surface area contributed by atoms with Gasteiger partial charge in [0.2, 0.25) is 0 Å². The molecular weight excluding hydrogens is 280 g/mol. The molecule has 0 spiro atoms. The molecule has 0 aliphatic heterocycles. The number of nitrogens with one attached hydrogen (secondary N) is 2. The molecule has 0 aliphatic rings. The molecule has 0 aromatic carbocycles. The number of hydrogen-bond donors (Lipinski definition) is 2. The molecule has 22 heavy (non-hydrogen) atoms. The third kappa shape index (κ3) is 4.37. The fourth-order valence-electron chi connectivity index (χ4n) is 1.79. The maximum Gasteiger partial charge on any atom is 0.270 e. The molecule has 0 radical (unpaired) electrons. The number of pyridine rings is 2. The minimum Gasteiger partial charge on any atom is -0.349 e. The van der Waals surface area contributed by atoms with Crippen molar-refractivity contribution in [1.82, 2.24) is 20.6 Å². The second-order valence-corrected chi connectivity index (χ2v) is 5.04. The van der Waals surface area contributed by atoms with Gasteiger partial charge in [0.15, 0.2) is 0 Å². The van der Waals surface area contributed by atoms with Gasteiger partial charge in [-0.15, -0.1) is 0 Å². The smallest absolute Gasteiger partial charge is 0.270 e. The first-order valence-electron chi connectivity index (χ1n) is 7.02. The van der Waals surface area contributed by atoms with Crippen molar-refractivity contribution in [3.8, 4) is 0 Å². The summed E-state index contributed by atoms with van der Waals surface area (Å²) < 4.78 is 0. The van der Waals surface area contributed by atoms with Gasteiger partial charge in [-0.2, -0.15) is 0 Å². The first-order valence-corrected chi connectivity index (χ1v) is 7.02. The molecule has 114 valence electrons. The monoisotopic (exact) mass is 298 g/mol. The standard InChI is InChI=1S/C16H18N4O2/c1-11(2)19-16(22)14-8-5-7-13(20-14)15(21)18-10-12-6-3-4-9-17-12/h3-9,11H,10H2,1-2H3,(H,18,21)(H,19,22). The van der Waals surface area contributed by atoms with Crippen molar-refractivity contribution in [2.75, 3.05) is 0 Å². The van der Waals surface area contributed by atoms with E-state index in [1.54, 1.807) is 24.4 Å². The Morgan fingerprint density at radius 3 is 2.41 bits per heavy atom. The van der Waals surface area contributed by atoms with E-state index in [1.807, 2.05) is 32.0 Å². The van der Waals surface area contributed by atoms with Gasteiger partial charge in [-0.25, -0.2) is 4.98 Å². The maximum absolute atomic E-state index is 12.1. The molecule has 2 rings (SSSR count). The zero-order valence-electron chi connectivity index (χ0n) is 12.5. The van der Waals surface area contributed by atoms with Crippen LogP contribution in [0.25, 0.3) is 0 Å². The van der Waals surface area contributed by atoms with Gasteiger partial charge in [-0.05, 0) is 38.1 Å². The van der Waals surface area contributed by atoms with Crippen LogP contribution in [0.4, 0.5) is 0 Å². The largest absolute Gasteiger partial charge is 0.349 e. The summed E-state index contributed by atoms with van der Waals surface area (Å²) in [5.74, 6) is -0.640. The second kappa shape index (κ2) is 7.31. The summed E-state index contributed by atoms with van der Waals surface area (Å²) in [6.07, 6.45) is 1.66.